The standard InChI is InChI=1S/C42H30F6N6O2S2/c1-23-37(57-22-49-23)38(55)51-33-21-54(19-26-9-14-29(15-10-26)42(46,47)48)35-16-11-27(17-31(33)35)36-24(2)50-40(58-36)39(56)52-32-20-53(34-6-4-3-5-30(32)34)18-25-7-12-28(13-8-25)41(43,44)45/h3-17,20-22H,18-19H2,1-2H3,(H,51,55)(H,52,56). The van der Waals surface area contributed by atoms with Gasteiger partial charge in [0.15, 0.2) is 5.01 Å². The fourth-order valence-corrected chi connectivity index (χ4v) is 8.43. The number of hydrogen-bond acceptors (Lipinski definition) is 6. The van der Waals surface area contributed by atoms with Crippen LogP contribution in [-0.2, 0) is 25.4 Å². The lowest BCUT2D eigenvalue weighted by molar-refractivity contribution is -0.138. The van der Waals surface area contributed by atoms with Crippen LogP contribution in [-0.4, -0.2) is 30.9 Å². The molecular weight excluding hydrogens is 799 g/mol. The van der Waals surface area contributed by atoms with Crippen LogP contribution in [0.2, 0.25) is 0 Å². The third-order valence-corrected chi connectivity index (χ3v) is 11.8. The molecule has 4 heterocycles. The number of fused-ring (bicyclic) bond motifs is 2. The van der Waals surface area contributed by atoms with Gasteiger partial charge < -0.3 is 19.8 Å². The van der Waals surface area contributed by atoms with Gasteiger partial charge in [-0.3, -0.25) is 9.59 Å². The largest absolute Gasteiger partial charge is 0.416 e. The number of benzene rings is 4. The highest BCUT2D eigenvalue weighted by Crippen LogP contribution is 2.37. The molecule has 0 spiro atoms. The van der Waals surface area contributed by atoms with Crippen LogP contribution in [0.5, 0.6) is 0 Å². The van der Waals surface area contributed by atoms with Gasteiger partial charge in [0, 0.05) is 36.3 Å². The van der Waals surface area contributed by atoms with Gasteiger partial charge in [0.1, 0.15) is 4.88 Å². The number of alkyl halides is 6. The number of carbonyl (C=O) groups excluding carboxylic acids is 2. The maximum absolute atomic E-state index is 13.7. The number of anilines is 2. The molecule has 0 fully saturated rings. The fourth-order valence-electron chi connectivity index (χ4n) is 6.77. The summed E-state index contributed by atoms with van der Waals surface area (Å²) in [5.41, 5.74) is 5.76. The predicted molar refractivity (Wildman–Crippen MR) is 214 cm³/mol. The zero-order valence-corrected chi connectivity index (χ0v) is 32.1. The van der Waals surface area contributed by atoms with Crippen LogP contribution in [0.3, 0.4) is 0 Å². The molecule has 0 radical (unpaired) electrons. The van der Waals surface area contributed by atoms with E-state index in [2.05, 4.69) is 20.6 Å². The molecule has 8 nitrogen and oxygen atoms in total. The summed E-state index contributed by atoms with van der Waals surface area (Å²) >= 11 is 2.39. The number of amides is 2. The first kappa shape index (κ1) is 38.6. The number of rotatable bonds is 9. The third-order valence-electron chi connectivity index (χ3n) is 9.64. The molecule has 0 atom stereocenters. The van der Waals surface area contributed by atoms with E-state index in [-0.39, 0.29) is 24.0 Å². The van der Waals surface area contributed by atoms with Gasteiger partial charge in [-0.05, 0) is 73.0 Å². The van der Waals surface area contributed by atoms with E-state index in [1.54, 1.807) is 31.8 Å². The van der Waals surface area contributed by atoms with Crippen molar-refractivity contribution in [2.75, 3.05) is 10.6 Å². The van der Waals surface area contributed by atoms with Crippen molar-refractivity contribution in [1.29, 1.82) is 0 Å². The minimum Gasteiger partial charge on any atom is -0.341 e. The fraction of sp³-hybridized carbons (Fsp3) is 0.143. The number of carbonyl (C=O) groups is 2. The Bertz CT molecular complexity index is 2830. The van der Waals surface area contributed by atoms with E-state index in [0.717, 1.165) is 40.7 Å². The third kappa shape index (κ3) is 7.72. The Hall–Kier alpha value is -6.26. The normalized spacial score (nSPS) is 12.1. The van der Waals surface area contributed by atoms with Gasteiger partial charge >= 0.3 is 12.4 Å². The highest BCUT2D eigenvalue weighted by molar-refractivity contribution is 7.17. The van der Waals surface area contributed by atoms with Crippen LogP contribution in [0.15, 0.2) is 109 Å². The minimum absolute atomic E-state index is 0.196. The molecule has 2 N–H and O–H groups in total. The van der Waals surface area contributed by atoms with Gasteiger partial charge in [0.25, 0.3) is 11.8 Å². The molecule has 0 aliphatic rings. The Morgan fingerprint density at radius 2 is 1.22 bits per heavy atom. The number of nitrogens with one attached hydrogen (secondary N) is 2. The molecule has 0 bridgehead atoms. The van der Waals surface area contributed by atoms with Crippen LogP contribution in [0.1, 0.15) is 53.1 Å². The average molecular weight is 829 g/mol. The van der Waals surface area contributed by atoms with Gasteiger partial charge in [0.2, 0.25) is 0 Å². The second-order valence-electron chi connectivity index (χ2n) is 13.6. The topological polar surface area (TPSA) is 93.8 Å². The molecule has 8 rings (SSSR count). The van der Waals surface area contributed by atoms with E-state index in [0.29, 0.717) is 54.5 Å². The number of hydrogen-bond donors (Lipinski definition) is 2. The molecular formula is C42H30F6N6O2S2. The van der Waals surface area contributed by atoms with E-state index in [1.807, 2.05) is 51.6 Å². The zero-order chi connectivity index (χ0) is 40.9. The molecule has 0 unspecified atom stereocenters. The minimum atomic E-state index is -4.46. The maximum Gasteiger partial charge on any atom is 0.416 e. The van der Waals surface area contributed by atoms with Crippen molar-refractivity contribution in [1.82, 2.24) is 19.1 Å². The number of halogens is 6. The predicted octanol–water partition coefficient (Wildman–Crippen LogP) is 11.4. The van der Waals surface area contributed by atoms with E-state index >= 15 is 0 Å². The molecule has 0 aliphatic carbocycles. The van der Waals surface area contributed by atoms with Crippen molar-refractivity contribution in [2.45, 2.75) is 39.3 Å². The lowest BCUT2D eigenvalue weighted by Gasteiger charge is -2.09. The first-order valence-corrected chi connectivity index (χ1v) is 19.4. The summed E-state index contributed by atoms with van der Waals surface area (Å²) in [4.78, 5) is 37.0. The second kappa shape index (κ2) is 14.9. The van der Waals surface area contributed by atoms with Gasteiger partial charge in [0.05, 0.1) is 55.3 Å². The van der Waals surface area contributed by atoms with Gasteiger partial charge in [-0.1, -0.05) is 48.5 Å². The summed E-state index contributed by atoms with van der Waals surface area (Å²) in [5, 5.41) is 7.56. The van der Waals surface area contributed by atoms with Gasteiger partial charge in [-0.2, -0.15) is 26.3 Å². The Kier molecular flexibility index (Phi) is 9.93. The lowest BCUT2D eigenvalue weighted by atomic mass is 10.1. The molecule has 4 aromatic heterocycles. The Morgan fingerprint density at radius 3 is 1.79 bits per heavy atom. The van der Waals surface area contributed by atoms with E-state index in [9.17, 15) is 35.9 Å². The maximum atomic E-state index is 13.7. The number of aromatic nitrogens is 4. The molecule has 0 saturated heterocycles. The van der Waals surface area contributed by atoms with E-state index in [1.165, 1.54) is 46.9 Å². The molecule has 2 amide bonds. The Labute approximate surface area is 334 Å². The Balaban J connectivity index is 1.08. The summed E-state index contributed by atoms with van der Waals surface area (Å²) in [5.74, 6) is -0.805. The molecule has 294 valence electrons. The Morgan fingerprint density at radius 1 is 0.672 bits per heavy atom. The zero-order valence-electron chi connectivity index (χ0n) is 30.5. The first-order chi connectivity index (χ1) is 27.6. The number of thiazole rings is 2. The van der Waals surface area contributed by atoms with Crippen LogP contribution in [0.25, 0.3) is 32.2 Å². The van der Waals surface area contributed by atoms with E-state index < -0.39 is 29.4 Å². The summed E-state index contributed by atoms with van der Waals surface area (Å²) in [6, 6.07) is 22.8. The summed E-state index contributed by atoms with van der Waals surface area (Å²) in [6.07, 6.45) is -5.41. The van der Waals surface area contributed by atoms with Crippen molar-refractivity contribution in [3.8, 4) is 10.4 Å². The highest BCUT2D eigenvalue weighted by atomic mass is 32.1. The first-order valence-electron chi connectivity index (χ1n) is 17.7. The SMILES string of the molecule is Cc1ncsc1C(=O)Nc1cn(Cc2ccc(C(F)(F)F)cc2)c2ccc(-c3sc(C(=O)Nc4cn(Cc5ccc(C(F)(F)F)cc5)c5ccccc45)nc3C)cc12. The van der Waals surface area contributed by atoms with Crippen LogP contribution >= 0.6 is 22.7 Å². The number of aryl methyl sites for hydroxylation is 2. The van der Waals surface area contributed by atoms with Crippen molar-refractivity contribution in [3.05, 3.63) is 152 Å². The summed E-state index contributed by atoms with van der Waals surface area (Å²) in [6.45, 7) is 4.02. The van der Waals surface area contributed by atoms with Crippen molar-refractivity contribution in [2.24, 2.45) is 0 Å². The van der Waals surface area contributed by atoms with Gasteiger partial charge in [-0.25, -0.2) is 9.97 Å². The van der Waals surface area contributed by atoms with Crippen molar-refractivity contribution < 1.29 is 35.9 Å². The number of nitrogens with zero attached hydrogens (tertiary/aromatic N) is 4. The molecule has 4 aromatic carbocycles. The van der Waals surface area contributed by atoms with Crippen LogP contribution < -0.4 is 10.6 Å². The highest BCUT2D eigenvalue weighted by Gasteiger charge is 2.31. The lowest BCUT2D eigenvalue weighted by Crippen LogP contribution is -2.11. The molecule has 16 heteroatoms. The van der Waals surface area contributed by atoms with Gasteiger partial charge in [-0.15, -0.1) is 22.7 Å². The van der Waals surface area contributed by atoms with Crippen LogP contribution in [0.4, 0.5) is 37.7 Å². The molecule has 58 heavy (non-hydrogen) atoms. The monoisotopic (exact) mass is 828 g/mol. The summed E-state index contributed by atoms with van der Waals surface area (Å²) < 4.78 is 82.8. The molecule has 8 aromatic rings. The van der Waals surface area contributed by atoms with Crippen molar-refractivity contribution in [3.63, 3.8) is 0 Å². The van der Waals surface area contributed by atoms with Crippen molar-refractivity contribution >= 4 is 67.7 Å². The average Bonchev–Trinajstić information content (AvgIpc) is 3.96. The summed E-state index contributed by atoms with van der Waals surface area (Å²) in [7, 11) is 0. The second-order valence-corrected chi connectivity index (χ2v) is 15.4. The molecule has 0 saturated carbocycles. The van der Waals surface area contributed by atoms with Crippen LogP contribution in [0, 0.1) is 13.8 Å². The smallest absolute Gasteiger partial charge is 0.341 e. The quantitative estimate of drug-likeness (QED) is 0.142. The number of para-hydroxylation sites is 1. The molecule has 0 aliphatic heterocycles. The van der Waals surface area contributed by atoms with E-state index in [4.69, 9.17) is 0 Å².